The minimum atomic E-state index is -0.113. The summed E-state index contributed by atoms with van der Waals surface area (Å²) >= 11 is 0. The minimum Gasteiger partial charge on any atom is -0.343 e. The number of ketones is 1. The number of hydrogen-bond acceptors (Lipinski definition) is 5. The molecule has 0 radical (unpaired) electrons. The molecule has 2 heterocycles. The molecule has 0 saturated carbocycles. The van der Waals surface area contributed by atoms with E-state index >= 15 is 0 Å². The van der Waals surface area contributed by atoms with Crippen LogP contribution in [0.25, 0.3) is 0 Å². The maximum atomic E-state index is 11.2. The summed E-state index contributed by atoms with van der Waals surface area (Å²) in [5.74, 6) is 0.416. The summed E-state index contributed by atoms with van der Waals surface area (Å²) in [4.78, 5) is 27.4. The zero-order valence-corrected chi connectivity index (χ0v) is 7.47. The molecule has 6 heteroatoms. The molecule has 6 nitrogen and oxygen atoms in total. The molecule has 2 rings (SSSR count). The van der Waals surface area contributed by atoms with Gasteiger partial charge < -0.3 is 9.42 Å². The van der Waals surface area contributed by atoms with Crippen molar-refractivity contribution in [2.45, 2.75) is 12.8 Å². The highest BCUT2D eigenvalue weighted by atomic mass is 16.5. The van der Waals surface area contributed by atoms with Gasteiger partial charge in [-0.3, -0.25) is 9.59 Å². The largest absolute Gasteiger partial charge is 0.343 e. The number of carbonyl (C=O) groups is 2. The lowest BCUT2D eigenvalue weighted by atomic mass is 10.3. The molecule has 1 amide bonds. The molecular formula is C8H9N3O3. The Labute approximate surface area is 79.9 Å². The van der Waals surface area contributed by atoms with Crippen molar-refractivity contribution in [2.24, 2.45) is 0 Å². The second-order valence-electron chi connectivity index (χ2n) is 3.13. The summed E-state index contributed by atoms with van der Waals surface area (Å²) in [5, 5.41) is 3.61. The highest BCUT2D eigenvalue weighted by molar-refractivity contribution is 6.05. The van der Waals surface area contributed by atoms with Crippen LogP contribution in [0.3, 0.4) is 0 Å². The molecule has 74 valence electrons. The van der Waals surface area contributed by atoms with Gasteiger partial charge in [0, 0.05) is 13.0 Å². The number of nitrogens with zero attached hydrogens (tertiary/aromatic N) is 3. The van der Waals surface area contributed by atoms with E-state index in [0.717, 1.165) is 0 Å². The van der Waals surface area contributed by atoms with Gasteiger partial charge in [-0.1, -0.05) is 5.16 Å². The van der Waals surface area contributed by atoms with Gasteiger partial charge >= 0.3 is 0 Å². The second-order valence-corrected chi connectivity index (χ2v) is 3.13. The highest BCUT2D eigenvalue weighted by Gasteiger charge is 2.26. The third-order valence-electron chi connectivity index (χ3n) is 2.08. The van der Waals surface area contributed by atoms with E-state index in [1.807, 2.05) is 0 Å². The summed E-state index contributed by atoms with van der Waals surface area (Å²) in [6, 6.07) is 0. The maximum Gasteiger partial charge on any atom is 0.230 e. The van der Waals surface area contributed by atoms with Crippen LogP contribution >= 0.6 is 0 Å². The summed E-state index contributed by atoms with van der Waals surface area (Å²) in [7, 11) is 0. The van der Waals surface area contributed by atoms with Gasteiger partial charge in [0.05, 0.1) is 13.0 Å². The average Bonchev–Trinajstić information content (AvgIpc) is 2.72. The number of rotatable bonds is 3. The normalized spacial score (nSPS) is 16.7. The standard InChI is InChI=1S/C8H9N3O3/c12-6-3-8(13)11(4-6)2-1-7-9-5-14-10-7/h5H,1-4H2. The highest BCUT2D eigenvalue weighted by Crippen LogP contribution is 2.06. The molecule has 0 aromatic carbocycles. The molecular weight excluding hydrogens is 186 g/mol. The molecule has 1 aromatic rings. The molecule has 1 fully saturated rings. The molecule has 0 atom stereocenters. The van der Waals surface area contributed by atoms with Crippen LogP contribution in [-0.2, 0) is 16.0 Å². The lowest BCUT2D eigenvalue weighted by Crippen LogP contribution is -2.27. The van der Waals surface area contributed by atoms with Crippen molar-refractivity contribution in [1.82, 2.24) is 15.0 Å². The summed E-state index contributed by atoms with van der Waals surface area (Å²) < 4.78 is 4.55. The Morgan fingerprint density at radius 3 is 2.93 bits per heavy atom. The Bertz CT molecular complexity index is 347. The first-order chi connectivity index (χ1) is 6.75. The van der Waals surface area contributed by atoms with Gasteiger partial charge in [-0.05, 0) is 0 Å². The molecule has 0 spiro atoms. The third kappa shape index (κ3) is 1.78. The fourth-order valence-electron chi connectivity index (χ4n) is 1.38. The van der Waals surface area contributed by atoms with Crippen LogP contribution in [0.4, 0.5) is 0 Å². The first kappa shape index (κ1) is 8.86. The van der Waals surface area contributed by atoms with Crippen molar-refractivity contribution in [3.05, 3.63) is 12.2 Å². The Balaban J connectivity index is 1.87. The summed E-state index contributed by atoms with van der Waals surface area (Å²) in [6.45, 7) is 0.695. The van der Waals surface area contributed by atoms with Crippen molar-refractivity contribution >= 4 is 11.7 Å². The van der Waals surface area contributed by atoms with E-state index < -0.39 is 0 Å². The number of carbonyl (C=O) groups excluding carboxylic acids is 2. The Hall–Kier alpha value is -1.72. The van der Waals surface area contributed by atoms with Crippen LogP contribution in [0.15, 0.2) is 10.9 Å². The topological polar surface area (TPSA) is 76.3 Å². The van der Waals surface area contributed by atoms with E-state index in [9.17, 15) is 9.59 Å². The first-order valence-corrected chi connectivity index (χ1v) is 4.30. The van der Waals surface area contributed by atoms with Crippen LogP contribution < -0.4 is 0 Å². The predicted octanol–water partition coefficient (Wildman–Crippen LogP) is -0.587. The Morgan fingerprint density at radius 2 is 2.36 bits per heavy atom. The van der Waals surface area contributed by atoms with Gasteiger partial charge in [0.2, 0.25) is 12.3 Å². The van der Waals surface area contributed by atoms with Gasteiger partial charge in [-0.15, -0.1) is 0 Å². The van der Waals surface area contributed by atoms with Crippen LogP contribution in [0.2, 0.25) is 0 Å². The van der Waals surface area contributed by atoms with E-state index in [1.54, 1.807) is 0 Å². The fourth-order valence-corrected chi connectivity index (χ4v) is 1.38. The molecule has 1 aliphatic heterocycles. The molecule has 14 heavy (non-hydrogen) atoms. The van der Waals surface area contributed by atoms with E-state index in [-0.39, 0.29) is 24.7 Å². The van der Waals surface area contributed by atoms with Crippen molar-refractivity contribution in [3.63, 3.8) is 0 Å². The van der Waals surface area contributed by atoms with Gasteiger partial charge in [-0.2, -0.15) is 4.98 Å². The van der Waals surface area contributed by atoms with Crippen LogP contribution in [0, 0.1) is 0 Å². The molecule has 0 N–H and O–H groups in total. The zero-order valence-electron chi connectivity index (χ0n) is 7.47. The van der Waals surface area contributed by atoms with Crippen molar-refractivity contribution in [1.29, 1.82) is 0 Å². The monoisotopic (exact) mass is 195 g/mol. The van der Waals surface area contributed by atoms with Crippen molar-refractivity contribution in [2.75, 3.05) is 13.1 Å². The van der Waals surface area contributed by atoms with Crippen molar-refractivity contribution in [3.8, 4) is 0 Å². The number of Topliss-reactive ketones (excluding diaryl/α,β-unsaturated/α-hetero) is 1. The van der Waals surface area contributed by atoms with Crippen LogP contribution in [-0.4, -0.2) is 39.8 Å². The summed E-state index contributed by atoms with van der Waals surface area (Å²) in [6.07, 6.45) is 1.80. The second kappa shape index (κ2) is 3.57. The van der Waals surface area contributed by atoms with Gasteiger partial charge in [0.1, 0.15) is 0 Å². The number of hydrogen-bond donors (Lipinski definition) is 0. The fraction of sp³-hybridized carbons (Fsp3) is 0.500. The lowest BCUT2D eigenvalue weighted by Gasteiger charge is -2.12. The van der Waals surface area contributed by atoms with Gasteiger partial charge in [0.25, 0.3) is 0 Å². The van der Waals surface area contributed by atoms with E-state index in [2.05, 4.69) is 14.7 Å². The number of aromatic nitrogens is 2. The predicted molar refractivity (Wildman–Crippen MR) is 44.2 cm³/mol. The first-order valence-electron chi connectivity index (χ1n) is 4.30. The van der Waals surface area contributed by atoms with E-state index in [0.29, 0.717) is 18.8 Å². The smallest absolute Gasteiger partial charge is 0.230 e. The zero-order chi connectivity index (χ0) is 9.97. The third-order valence-corrected chi connectivity index (χ3v) is 2.08. The van der Waals surface area contributed by atoms with Crippen LogP contribution in [0.5, 0.6) is 0 Å². The SMILES string of the molecule is O=C1CC(=O)N(CCc2ncon2)C1. The Kier molecular flexibility index (Phi) is 2.26. The quantitative estimate of drug-likeness (QED) is 0.603. The number of amides is 1. The molecule has 1 saturated heterocycles. The van der Waals surface area contributed by atoms with Gasteiger partial charge in [-0.25, -0.2) is 0 Å². The maximum absolute atomic E-state index is 11.2. The Morgan fingerprint density at radius 1 is 1.50 bits per heavy atom. The number of likely N-dealkylation sites (tertiary alicyclic amines) is 1. The van der Waals surface area contributed by atoms with E-state index in [4.69, 9.17) is 0 Å². The molecule has 1 aromatic heterocycles. The van der Waals surface area contributed by atoms with Crippen molar-refractivity contribution < 1.29 is 14.1 Å². The summed E-state index contributed by atoms with van der Waals surface area (Å²) in [5.41, 5.74) is 0. The van der Waals surface area contributed by atoms with Gasteiger partial charge in [0.15, 0.2) is 11.6 Å². The molecule has 0 bridgehead atoms. The molecule has 0 aliphatic carbocycles. The average molecular weight is 195 g/mol. The minimum absolute atomic E-state index is 0.0249. The lowest BCUT2D eigenvalue weighted by molar-refractivity contribution is -0.127. The molecule has 0 unspecified atom stereocenters. The molecule has 1 aliphatic rings. The van der Waals surface area contributed by atoms with Crippen LogP contribution in [0.1, 0.15) is 12.2 Å². The van der Waals surface area contributed by atoms with E-state index in [1.165, 1.54) is 11.3 Å².